The lowest BCUT2D eigenvalue weighted by Gasteiger charge is -2.14. The molecule has 0 amide bonds. The van der Waals surface area contributed by atoms with Gasteiger partial charge in [-0.05, 0) is 24.3 Å². The number of para-hydroxylation sites is 1. The summed E-state index contributed by atoms with van der Waals surface area (Å²) in [6.07, 6.45) is 1.66. The molecule has 0 spiro atoms. The topological polar surface area (TPSA) is 78.6 Å². The van der Waals surface area contributed by atoms with Crippen LogP contribution in [0.3, 0.4) is 0 Å². The van der Waals surface area contributed by atoms with E-state index in [1.54, 1.807) is 26.5 Å². The van der Waals surface area contributed by atoms with Gasteiger partial charge in [-0.2, -0.15) is 0 Å². The summed E-state index contributed by atoms with van der Waals surface area (Å²) in [7, 11) is 3.16. The average Bonchev–Trinajstić information content (AvgIpc) is 2.52. The third-order valence-electron chi connectivity index (χ3n) is 2.73. The molecule has 1 aromatic carbocycles. The Bertz CT molecular complexity index is 553. The summed E-state index contributed by atoms with van der Waals surface area (Å²) < 4.78 is 16.3. The lowest BCUT2D eigenvalue weighted by Crippen LogP contribution is -2.08. The van der Waals surface area contributed by atoms with Gasteiger partial charge < -0.3 is 19.6 Å². The van der Waals surface area contributed by atoms with Gasteiger partial charge in [-0.15, -0.1) is 0 Å². The van der Waals surface area contributed by atoms with Crippen LogP contribution in [0.5, 0.6) is 17.2 Å². The van der Waals surface area contributed by atoms with Gasteiger partial charge in [0.25, 0.3) is 0 Å². The number of nitrogens with one attached hydrogen (secondary N) is 1. The zero-order valence-corrected chi connectivity index (χ0v) is 11.4. The standard InChI is InChI=1S/C14H17N3O3/c1-18-12-4-3-5-13(19-2)14(12)20-9-11-8-10(17-15)6-7-16-11/h3-8H,9,15H2,1-2H3,(H,16,17). The van der Waals surface area contributed by atoms with Gasteiger partial charge in [-0.3, -0.25) is 10.8 Å². The van der Waals surface area contributed by atoms with Gasteiger partial charge >= 0.3 is 0 Å². The molecule has 1 aromatic heterocycles. The number of ether oxygens (including phenoxy) is 3. The fourth-order valence-electron chi connectivity index (χ4n) is 1.75. The van der Waals surface area contributed by atoms with Crippen molar-refractivity contribution in [2.45, 2.75) is 6.61 Å². The first-order chi connectivity index (χ1) is 9.78. The van der Waals surface area contributed by atoms with E-state index in [0.717, 1.165) is 11.4 Å². The molecule has 0 unspecified atom stereocenters. The Labute approximate surface area is 117 Å². The van der Waals surface area contributed by atoms with Crippen LogP contribution < -0.4 is 25.5 Å². The molecule has 2 aromatic rings. The van der Waals surface area contributed by atoms with Crippen molar-refractivity contribution in [1.29, 1.82) is 0 Å². The van der Waals surface area contributed by atoms with Gasteiger partial charge in [0, 0.05) is 6.20 Å². The van der Waals surface area contributed by atoms with E-state index in [1.165, 1.54) is 0 Å². The normalized spacial score (nSPS) is 9.95. The average molecular weight is 275 g/mol. The van der Waals surface area contributed by atoms with Crippen LogP contribution in [0.2, 0.25) is 0 Å². The molecule has 2 rings (SSSR count). The van der Waals surface area contributed by atoms with Crippen LogP contribution in [0.25, 0.3) is 0 Å². The first-order valence-electron chi connectivity index (χ1n) is 6.03. The Morgan fingerprint density at radius 3 is 2.45 bits per heavy atom. The zero-order valence-electron chi connectivity index (χ0n) is 11.4. The predicted molar refractivity (Wildman–Crippen MR) is 75.9 cm³/mol. The Morgan fingerprint density at radius 1 is 1.15 bits per heavy atom. The first-order valence-corrected chi connectivity index (χ1v) is 6.03. The minimum atomic E-state index is 0.284. The van der Waals surface area contributed by atoms with Gasteiger partial charge in [0.2, 0.25) is 5.75 Å². The predicted octanol–water partition coefficient (Wildman–Crippen LogP) is 1.96. The summed E-state index contributed by atoms with van der Waals surface area (Å²) in [4.78, 5) is 4.21. The van der Waals surface area contributed by atoms with Gasteiger partial charge in [-0.25, -0.2) is 0 Å². The van der Waals surface area contributed by atoms with E-state index >= 15 is 0 Å². The van der Waals surface area contributed by atoms with E-state index in [2.05, 4.69) is 10.4 Å². The Morgan fingerprint density at radius 2 is 1.85 bits per heavy atom. The second-order valence-corrected chi connectivity index (χ2v) is 3.96. The number of hydrogen-bond acceptors (Lipinski definition) is 6. The number of rotatable bonds is 6. The zero-order chi connectivity index (χ0) is 14.4. The van der Waals surface area contributed by atoms with E-state index in [4.69, 9.17) is 20.1 Å². The molecule has 0 radical (unpaired) electrons. The van der Waals surface area contributed by atoms with Crippen molar-refractivity contribution in [3.63, 3.8) is 0 Å². The molecule has 106 valence electrons. The smallest absolute Gasteiger partial charge is 0.203 e. The van der Waals surface area contributed by atoms with Gasteiger partial charge in [0.1, 0.15) is 6.61 Å². The molecular formula is C14H17N3O3. The first kappa shape index (κ1) is 14.0. The molecule has 6 heteroatoms. The van der Waals surface area contributed by atoms with Crippen molar-refractivity contribution in [2.24, 2.45) is 5.84 Å². The maximum atomic E-state index is 5.75. The van der Waals surface area contributed by atoms with Crippen LogP contribution >= 0.6 is 0 Å². The molecule has 0 aliphatic carbocycles. The molecule has 0 saturated heterocycles. The highest BCUT2D eigenvalue weighted by atomic mass is 16.5. The number of nitrogens with two attached hydrogens (primary N) is 1. The maximum Gasteiger partial charge on any atom is 0.203 e. The Kier molecular flexibility index (Phi) is 4.62. The van der Waals surface area contributed by atoms with Crippen molar-refractivity contribution < 1.29 is 14.2 Å². The van der Waals surface area contributed by atoms with E-state index in [1.807, 2.05) is 24.3 Å². The molecule has 3 N–H and O–H groups in total. The molecular weight excluding hydrogens is 258 g/mol. The van der Waals surface area contributed by atoms with E-state index in [9.17, 15) is 0 Å². The van der Waals surface area contributed by atoms with Gasteiger partial charge in [-0.1, -0.05) is 6.07 Å². The van der Waals surface area contributed by atoms with Crippen LogP contribution in [0.4, 0.5) is 5.69 Å². The lowest BCUT2D eigenvalue weighted by atomic mass is 10.3. The van der Waals surface area contributed by atoms with Crippen molar-refractivity contribution in [3.05, 3.63) is 42.2 Å². The molecule has 0 saturated carbocycles. The number of methoxy groups -OCH3 is 2. The maximum absolute atomic E-state index is 5.75. The van der Waals surface area contributed by atoms with E-state index in [-0.39, 0.29) is 6.61 Å². The third kappa shape index (κ3) is 3.10. The van der Waals surface area contributed by atoms with Crippen LogP contribution in [0, 0.1) is 0 Å². The Hall–Kier alpha value is -2.47. The van der Waals surface area contributed by atoms with Crippen LogP contribution in [0.15, 0.2) is 36.5 Å². The molecule has 6 nitrogen and oxygen atoms in total. The SMILES string of the molecule is COc1cccc(OC)c1OCc1cc(NN)ccn1. The number of hydrazine groups is 1. The monoisotopic (exact) mass is 275 g/mol. The summed E-state index contributed by atoms with van der Waals surface area (Å²) in [6, 6.07) is 9.03. The minimum Gasteiger partial charge on any atom is -0.493 e. The van der Waals surface area contributed by atoms with Crippen LogP contribution in [-0.4, -0.2) is 19.2 Å². The molecule has 1 heterocycles. The number of anilines is 1. The fraction of sp³-hybridized carbons (Fsp3) is 0.214. The highest BCUT2D eigenvalue weighted by Gasteiger charge is 2.11. The summed E-state index contributed by atoms with van der Waals surface area (Å²) in [5, 5.41) is 0. The van der Waals surface area contributed by atoms with E-state index in [0.29, 0.717) is 17.2 Å². The summed E-state index contributed by atoms with van der Waals surface area (Å²) in [5.74, 6) is 7.12. The van der Waals surface area contributed by atoms with Crippen molar-refractivity contribution >= 4 is 5.69 Å². The van der Waals surface area contributed by atoms with Crippen LogP contribution in [0.1, 0.15) is 5.69 Å². The summed E-state index contributed by atoms with van der Waals surface area (Å²) in [5.41, 5.74) is 4.08. The third-order valence-corrected chi connectivity index (χ3v) is 2.73. The fourth-order valence-corrected chi connectivity index (χ4v) is 1.75. The van der Waals surface area contributed by atoms with E-state index < -0.39 is 0 Å². The number of pyridine rings is 1. The number of nitrogen functional groups attached to an aromatic ring is 1. The van der Waals surface area contributed by atoms with Crippen molar-refractivity contribution in [1.82, 2.24) is 4.98 Å². The molecule has 0 bridgehead atoms. The van der Waals surface area contributed by atoms with Crippen molar-refractivity contribution in [3.8, 4) is 17.2 Å². The second-order valence-electron chi connectivity index (χ2n) is 3.96. The summed E-state index contributed by atoms with van der Waals surface area (Å²) >= 11 is 0. The number of benzene rings is 1. The van der Waals surface area contributed by atoms with Gasteiger partial charge in [0.15, 0.2) is 11.5 Å². The van der Waals surface area contributed by atoms with Crippen LogP contribution in [-0.2, 0) is 6.61 Å². The quantitative estimate of drug-likeness (QED) is 0.620. The summed E-state index contributed by atoms with van der Waals surface area (Å²) in [6.45, 7) is 0.284. The molecule has 20 heavy (non-hydrogen) atoms. The minimum absolute atomic E-state index is 0.284. The van der Waals surface area contributed by atoms with Gasteiger partial charge in [0.05, 0.1) is 25.6 Å². The molecule has 0 atom stereocenters. The molecule has 0 aliphatic rings. The molecule has 0 aliphatic heterocycles. The second kappa shape index (κ2) is 6.63. The number of hydrogen-bond donors (Lipinski definition) is 2. The lowest BCUT2D eigenvalue weighted by molar-refractivity contribution is 0.263. The number of aromatic nitrogens is 1. The highest BCUT2D eigenvalue weighted by Crippen LogP contribution is 2.37. The largest absolute Gasteiger partial charge is 0.493 e. The van der Waals surface area contributed by atoms with Crippen molar-refractivity contribution in [2.75, 3.05) is 19.6 Å². The Balaban J connectivity index is 2.17. The number of nitrogens with zero attached hydrogens (tertiary/aromatic N) is 1. The molecule has 0 fully saturated rings. The highest BCUT2D eigenvalue weighted by molar-refractivity contribution is 5.51.